The van der Waals surface area contributed by atoms with E-state index in [2.05, 4.69) is 71.7 Å². The van der Waals surface area contributed by atoms with Crippen LogP contribution >= 0.6 is 0 Å². The molecule has 22 heavy (non-hydrogen) atoms. The van der Waals surface area contributed by atoms with Gasteiger partial charge in [-0.05, 0) is 0 Å². The number of aryl methyl sites for hydroxylation is 1. The van der Waals surface area contributed by atoms with E-state index in [-0.39, 0.29) is 0 Å². The Morgan fingerprint density at radius 3 is 2.23 bits per heavy atom. The van der Waals surface area contributed by atoms with Crippen molar-refractivity contribution in [3.05, 3.63) is 64.7 Å². The number of hydrogen-bond donors (Lipinski definition) is 0. The summed E-state index contributed by atoms with van der Waals surface area (Å²) in [7, 11) is 0. The molecule has 0 nitrogen and oxygen atoms in total. The van der Waals surface area contributed by atoms with Crippen LogP contribution in [0.1, 0.15) is 40.6 Å². The van der Waals surface area contributed by atoms with Gasteiger partial charge in [0.15, 0.2) is 0 Å². The average Bonchev–Trinajstić information content (AvgIpc) is 2.93. The fraction of sp³-hybridized carbons (Fsp3) is 0.333. The van der Waals surface area contributed by atoms with E-state index in [1.807, 2.05) is 0 Å². The standard InChI is InChI=1S/C19H19.2CH3.Zr/c1-3-14-8-10-16(11-9-14)18-7-5-6-17-12-15(4-2)13-19(17)18;;;/h5-13H,3-4H2,1-2H3;2*1H3;. The quantitative estimate of drug-likeness (QED) is 0.579. The van der Waals surface area contributed by atoms with Crippen LogP contribution < -0.4 is 0 Å². The molecule has 2 aromatic rings. The molecule has 0 saturated carbocycles. The van der Waals surface area contributed by atoms with Crippen molar-refractivity contribution >= 4 is 6.08 Å². The van der Waals surface area contributed by atoms with Crippen LogP contribution in [0.15, 0.2) is 48.0 Å². The van der Waals surface area contributed by atoms with Crippen molar-refractivity contribution < 1.29 is 21.8 Å². The van der Waals surface area contributed by atoms with E-state index < -0.39 is 21.8 Å². The number of hydrogen-bond acceptors (Lipinski definition) is 0. The maximum atomic E-state index is 2.54. The van der Waals surface area contributed by atoms with Gasteiger partial charge in [-0.2, -0.15) is 0 Å². The molecule has 0 N–H and O–H groups in total. The van der Waals surface area contributed by atoms with Gasteiger partial charge in [0.25, 0.3) is 0 Å². The first-order valence-corrected chi connectivity index (χ1v) is 14.7. The Morgan fingerprint density at radius 1 is 0.909 bits per heavy atom. The first-order chi connectivity index (χ1) is 10.7. The molecule has 0 aliphatic heterocycles. The number of rotatable bonds is 4. The second-order valence-corrected chi connectivity index (χ2v) is 13.2. The zero-order valence-electron chi connectivity index (χ0n) is 14.1. The van der Waals surface area contributed by atoms with Gasteiger partial charge in [-0.15, -0.1) is 0 Å². The van der Waals surface area contributed by atoms with Crippen molar-refractivity contribution in [3.63, 3.8) is 0 Å². The second kappa shape index (κ2) is 6.67. The molecule has 2 aromatic carbocycles. The van der Waals surface area contributed by atoms with Crippen LogP contribution in [0.25, 0.3) is 17.2 Å². The summed E-state index contributed by atoms with van der Waals surface area (Å²) in [5, 5.41) is 0. The van der Waals surface area contributed by atoms with Gasteiger partial charge in [-0.25, -0.2) is 0 Å². The van der Waals surface area contributed by atoms with Crippen LogP contribution in [-0.2, 0) is 28.2 Å². The molecule has 113 valence electrons. The second-order valence-electron chi connectivity index (χ2n) is 6.44. The third-order valence-corrected chi connectivity index (χ3v) is 9.32. The third-order valence-electron chi connectivity index (χ3n) is 4.81. The zero-order chi connectivity index (χ0) is 15.7. The summed E-state index contributed by atoms with van der Waals surface area (Å²) in [4.78, 5) is 0. The molecule has 1 heteroatoms. The van der Waals surface area contributed by atoms with Crippen molar-refractivity contribution in [1.29, 1.82) is 0 Å². The molecule has 0 radical (unpaired) electrons. The summed E-state index contributed by atoms with van der Waals surface area (Å²) >= 11 is -1.31. The van der Waals surface area contributed by atoms with Crippen LogP contribution in [-0.4, -0.2) is 0 Å². The molecule has 0 heterocycles. The molecule has 1 unspecified atom stereocenters. The fourth-order valence-corrected chi connectivity index (χ4v) is 8.30. The molecule has 3 rings (SSSR count). The average molecular weight is 369 g/mol. The Hall–Kier alpha value is -0.937. The molecule has 0 amide bonds. The van der Waals surface area contributed by atoms with Gasteiger partial charge in [0.2, 0.25) is 0 Å². The Kier molecular flexibility index (Phi) is 4.83. The van der Waals surface area contributed by atoms with Gasteiger partial charge in [0.05, 0.1) is 0 Å². The first kappa shape index (κ1) is 15.9. The Labute approximate surface area is 142 Å². The van der Waals surface area contributed by atoms with Crippen LogP contribution in [0.3, 0.4) is 0 Å². The Morgan fingerprint density at radius 2 is 1.64 bits per heavy atom. The van der Waals surface area contributed by atoms with Crippen molar-refractivity contribution in [2.24, 2.45) is 0 Å². The van der Waals surface area contributed by atoms with Gasteiger partial charge in [-0.1, -0.05) is 0 Å². The van der Waals surface area contributed by atoms with Crippen molar-refractivity contribution in [2.45, 2.75) is 39.6 Å². The van der Waals surface area contributed by atoms with Crippen molar-refractivity contribution in [3.8, 4) is 11.1 Å². The third kappa shape index (κ3) is 2.81. The number of fused-ring (bicyclic) bond motifs is 1. The summed E-state index contributed by atoms with van der Waals surface area (Å²) in [5.74, 6) is 0. The monoisotopic (exact) mass is 367 g/mol. The molecule has 0 bridgehead atoms. The topological polar surface area (TPSA) is 0 Å². The van der Waals surface area contributed by atoms with Gasteiger partial charge >= 0.3 is 143 Å². The molecule has 0 aromatic heterocycles. The molecule has 0 fully saturated rings. The predicted molar refractivity (Wildman–Crippen MR) is 94.0 cm³/mol. The molecule has 1 aliphatic rings. The van der Waals surface area contributed by atoms with E-state index >= 15 is 0 Å². The zero-order valence-corrected chi connectivity index (χ0v) is 16.6. The molecular formula is C21H25Zr. The first-order valence-electron chi connectivity index (χ1n) is 8.38. The Balaban J connectivity index is 2.10. The van der Waals surface area contributed by atoms with Gasteiger partial charge < -0.3 is 0 Å². The van der Waals surface area contributed by atoms with Crippen LogP contribution in [0.2, 0.25) is 9.26 Å². The molecule has 1 atom stereocenters. The van der Waals surface area contributed by atoms with E-state index in [0.717, 1.165) is 10.0 Å². The maximum absolute atomic E-state index is 2.54. The van der Waals surface area contributed by atoms with Crippen molar-refractivity contribution in [2.75, 3.05) is 0 Å². The summed E-state index contributed by atoms with van der Waals surface area (Å²) in [6.07, 6.45) is 4.80. The fourth-order valence-electron chi connectivity index (χ4n) is 3.62. The minimum absolute atomic E-state index is 0.789. The summed E-state index contributed by atoms with van der Waals surface area (Å²) in [6.45, 7) is 4.53. The molecular weight excluding hydrogens is 343 g/mol. The van der Waals surface area contributed by atoms with E-state index in [9.17, 15) is 0 Å². The van der Waals surface area contributed by atoms with Crippen molar-refractivity contribution in [1.82, 2.24) is 0 Å². The van der Waals surface area contributed by atoms with Crippen LogP contribution in [0.5, 0.6) is 0 Å². The van der Waals surface area contributed by atoms with Gasteiger partial charge in [0, 0.05) is 0 Å². The molecule has 0 saturated heterocycles. The summed E-state index contributed by atoms with van der Waals surface area (Å²) in [6, 6.07) is 16.0. The predicted octanol–water partition coefficient (Wildman–Crippen LogP) is 6.48. The summed E-state index contributed by atoms with van der Waals surface area (Å²) in [5.41, 5.74) is 8.96. The van der Waals surface area contributed by atoms with Crippen LogP contribution in [0.4, 0.5) is 0 Å². The summed E-state index contributed by atoms with van der Waals surface area (Å²) < 4.78 is 5.86. The minimum atomic E-state index is -1.31. The van der Waals surface area contributed by atoms with E-state index in [0.29, 0.717) is 0 Å². The van der Waals surface area contributed by atoms with Gasteiger partial charge in [0.1, 0.15) is 0 Å². The Bertz CT molecular complexity index is 692. The normalized spacial score (nSPS) is 16.4. The SMILES string of the molecule is CCC1=Cc2c(-c3ccc(CC)cc3)cccc2[CH]1[Zr]([CH3])[CH3]. The van der Waals surface area contributed by atoms with E-state index in [4.69, 9.17) is 0 Å². The number of benzene rings is 2. The van der Waals surface area contributed by atoms with E-state index in [1.165, 1.54) is 28.7 Å². The number of allylic oxidation sites excluding steroid dienone is 1. The van der Waals surface area contributed by atoms with Gasteiger partial charge in [-0.3, -0.25) is 0 Å². The van der Waals surface area contributed by atoms with Crippen LogP contribution in [0, 0.1) is 0 Å². The molecule has 0 spiro atoms. The molecule has 1 aliphatic carbocycles. The van der Waals surface area contributed by atoms with E-state index in [1.54, 1.807) is 11.1 Å².